The summed E-state index contributed by atoms with van der Waals surface area (Å²) in [6, 6.07) is 0. The van der Waals surface area contributed by atoms with Crippen molar-refractivity contribution in [1.82, 2.24) is 5.32 Å². The number of allylic oxidation sites excluding steroid dienone is 1. The third-order valence-electron chi connectivity index (χ3n) is 5.08. The molecule has 0 aromatic heterocycles. The van der Waals surface area contributed by atoms with Crippen LogP contribution in [0.5, 0.6) is 0 Å². The van der Waals surface area contributed by atoms with Crippen molar-refractivity contribution >= 4 is 12.1 Å². The van der Waals surface area contributed by atoms with Crippen molar-refractivity contribution in [2.24, 2.45) is 23.7 Å². The zero-order chi connectivity index (χ0) is 18.1. The highest BCUT2D eigenvalue weighted by Crippen LogP contribution is 2.34. The lowest BCUT2D eigenvalue weighted by molar-refractivity contribution is -0.151. The maximum atomic E-state index is 11.4. The Balaban J connectivity index is 2.90. The molecular weight excluding hydrogens is 306 g/mol. The molecule has 0 radical (unpaired) electrons. The number of carbonyl (C=O) groups is 2. The fourth-order valence-corrected chi connectivity index (χ4v) is 3.73. The van der Waals surface area contributed by atoms with Crippen molar-refractivity contribution in [3.8, 4) is 0 Å². The van der Waals surface area contributed by atoms with Crippen LogP contribution in [0.15, 0.2) is 12.7 Å². The first kappa shape index (κ1) is 20.5. The summed E-state index contributed by atoms with van der Waals surface area (Å²) < 4.78 is 5.32. The number of rotatable bonds is 9. The predicted octanol–water partition coefficient (Wildman–Crippen LogP) is 4.58. The van der Waals surface area contributed by atoms with Gasteiger partial charge in [0.25, 0.3) is 0 Å². The van der Waals surface area contributed by atoms with E-state index in [9.17, 15) is 9.59 Å². The number of carbonyl (C=O) groups excluding carboxylic acids is 1. The Morgan fingerprint density at radius 1 is 1.29 bits per heavy atom. The zero-order valence-corrected chi connectivity index (χ0v) is 15.3. The van der Waals surface area contributed by atoms with E-state index in [0.717, 1.165) is 12.8 Å². The molecule has 2 N–H and O–H groups in total. The highest BCUT2D eigenvalue weighted by molar-refractivity contribution is 5.68. The van der Waals surface area contributed by atoms with Gasteiger partial charge in [-0.2, -0.15) is 0 Å². The molecule has 5 heteroatoms. The van der Waals surface area contributed by atoms with Gasteiger partial charge in [-0.1, -0.05) is 52.0 Å². The second-order valence-corrected chi connectivity index (χ2v) is 7.36. The number of nitrogens with one attached hydrogen (secondary N) is 1. The molecule has 0 aromatic carbocycles. The third-order valence-corrected chi connectivity index (χ3v) is 5.08. The normalized spacial score (nSPS) is 19.3. The summed E-state index contributed by atoms with van der Waals surface area (Å²) in [5.41, 5.74) is 0. The molecule has 3 atom stereocenters. The van der Waals surface area contributed by atoms with Gasteiger partial charge in [0.15, 0.2) is 6.23 Å². The van der Waals surface area contributed by atoms with E-state index in [2.05, 4.69) is 25.7 Å². The van der Waals surface area contributed by atoms with E-state index < -0.39 is 18.3 Å². The van der Waals surface area contributed by atoms with Crippen LogP contribution in [0, 0.1) is 23.7 Å². The van der Waals surface area contributed by atoms with Gasteiger partial charge in [-0.25, -0.2) is 4.79 Å². The lowest BCUT2D eigenvalue weighted by Gasteiger charge is -2.33. The topological polar surface area (TPSA) is 75.6 Å². The molecule has 0 bridgehead atoms. The highest BCUT2D eigenvalue weighted by Gasteiger charge is 2.31. The van der Waals surface area contributed by atoms with Gasteiger partial charge in [0, 0.05) is 12.8 Å². The minimum atomic E-state index is -1.16. The largest absolute Gasteiger partial charge is 0.465 e. The average Bonchev–Trinajstić information content (AvgIpc) is 2.50. The summed E-state index contributed by atoms with van der Waals surface area (Å²) >= 11 is 0. The van der Waals surface area contributed by atoms with Gasteiger partial charge < -0.3 is 9.84 Å². The van der Waals surface area contributed by atoms with Crippen LogP contribution in [-0.4, -0.2) is 23.4 Å². The molecule has 138 valence electrons. The molecule has 1 aliphatic carbocycles. The number of ether oxygens (including phenoxy) is 1. The van der Waals surface area contributed by atoms with E-state index in [0.29, 0.717) is 11.8 Å². The molecule has 1 fully saturated rings. The van der Waals surface area contributed by atoms with Crippen LogP contribution >= 0.6 is 0 Å². The Kier molecular flexibility index (Phi) is 8.87. The van der Waals surface area contributed by atoms with Gasteiger partial charge in [0.2, 0.25) is 0 Å². The van der Waals surface area contributed by atoms with Gasteiger partial charge in [-0.15, -0.1) is 6.58 Å². The molecule has 0 heterocycles. The lowest BCUT2D eigenvalue weighted by Crippen LogP contribution is -2.44. The Bertz CT molecular complexity index is 400. The predicted molar refractivity (Wildman–Crippen MR) is 94.5 cm³/mol. The van der Waals surface area contributed by atoms with E-state index >= 15 is 0 Å². The Labute approximate surface area is 145 Å². The third kappa shape index (κ3) is 7.37. The molecule has 1 amide bonds. The minimum absolute atomic E-state index is 0.0292. The van der Waals surface area contributed by atoms with E-state index in [1.165, 1.54) is 39.0 Å². The van der Waals surface area contributed by atoms with Crippen LogP contribution in [0.1, 0.15) is 65.7 Å². The second-order valence-electron chi connectivity index (χ2n) is 7.36. The van der Waals surface area contributed by atoms with Crippen LogP contribution in [-0.2, 0) is 9.53 Å². The molecular formula is C19H33NO4. The standard InChI is InChI=1S/C19H33NO4/c1-5-16(13(2)3)12-17(11-15-9-7-6-8-10-15)18(20-19(22)23)24-14(4)21/h5,13,15-18,20H,1,6-12H2,2-4H3,(H,22,23)/t16?,17-,18-/m0/s1. The number of esters is 1. The van der Waals surface area contributed by atoms with Gasteiger partial charge in [0.05, 0.1) is 0 Å². The van der Waals surface area contributed by atoms with Crippen LogP contribution in [0.4, 0.5) is 4.79 Å². The maximum absolute atomic E-state index is 11.4. The molecule has 0 saturated heterocycles. The Hall–Kier alpha value is -1.52. The Morgan fingerprint density at radius 3 is 2.38 bits per heavy atom. The average molecular weight is 339 g/mol. The second kappa shape index (κ2) is 10.4. The molecule has 24 heavy (non-hydrogen) atoms. The molecule has 5 nitrogen and oxygen atoms in total. The summed E-state index contributed by atoms with van der Waals surface area (Å²) in [6.45, 7) is 9.51. The smallest absolute Gasteiger partial charge is 0.407 e. The fraction of sp³-hybridized carbons (Fsp3) is 0.789. The molecule has 1 unspecified atom stereocenters. The van der Waals surface area contributed by atoms with E-state index in [-0.39, 0.29) is 11.8 Å². The number of amides is 1. The maximum Gasteiger partial charge on any atom is 0.407 e. The number of carboxylic acid groups (broad SMARTS) is 1. The van der Waals surface area contributed by atoms with E-state index in [4.69, 9.17) is 9.84 Å². The number of hydrogen-bond donors (Lipinski definition) is 2. The van der Waals surface area contributed by atoms with Crippen molar-refractivity contribution in [2.45, 2.75) is 71.9 Å². The van der Waals surface area contributed by atoms with Gasteiger partial charge in [-0.3, -0.25) is 10.1 Å². The van der Waals surface area contributed by atoms with Crippen molar-refractivity contribution in [3.05, 3.63) is 12.7 Å². The molecule has 0 aromatic rings. The first-order valence-electron chi connectivity index (χ1n) is 9.12. The van der Waals surface area contributed by atoms with E-state index in [1.54, 1.807) is 0 Å². The molecule has 1 saturated carbocycles. The monoisotopic (exact) mass is 339 g/mol. The Morgan fingerprint density at radius 2 is 1.92 bits per heavy atom. The summed E-state index contributed by atoms with van der Waals surface area (Å²) in [5.74, 6) is 0.780. The van der Waals surface area contributed by atoms with Crippen LogP contribution < -0.4 is 5.32 Å². The van der Waals surface area contributed by atoms with Crippen molar-refractivity contribution in [2.75, 3.05) is 0 Å². The first-order valence-corrected chi connectivity index (χ1v) is 9.12. The zero-order valence-electron chi connectivity index (χ0n) is 15.3. The highest BCUT2D eigenvalue weighted by atomic mass is 16.6. The van der Waals surface area contributed by atoms with Gasteiger partial charge >= 0.3 is 12.1 Å². The van der Waals surface area contributed by atoms with Gasteiger partial charge in [-0.05, 0) is 30.6 Å². The van der Waals surface area contributed by atoms with Crippen molar-refractivity contribution < 1.29 is 19.4 Å². The molecule has 1 aliphatic rings. The summed E-state index contributed by atoms with van der Waals surface area (Å²) in [6.07, 6.45) is 7.75. The van der Waals surface area contributed by atoms with Crippen LogP contribution in [0.3, 0.4) is 0 Å². The fourth-order valence-electron chi connectivity index (χ4n) is 3.73. The number of hydrogen-bond acceptors (Lipinski definition) is 3. The first-order chi connectivity index (χ1) is 11.3. The molecule has 1 rings (SSSR count). The summed E-state index contributed by atoms with van der Waals surface area (Å²) in [7, 11) is 0. The lowest BCUT2D eigenvalue weighted by atomic mass is 9.77. The van der Waals surface area contributed by atoms with Crippen LogP contribution in [0.25, 0.3) is 0 Å². The van der Waals surface area contributed by atoms with E-state index in [1.807, 2.05) is 6.08 Å². The summed E-state index contributed by atoms with van der Waals surface area (Å²) in [4.78, 5) is 22.6. The summed E-state index contributed by atoms with van der Waals surface area (Å²) in [5, 5.41) is 11.5. The quantitative estimate of drug-likeness (QED) is 0.366. The van der Waals surface area contributed by atoms with Crippen LogP contribution in [0.2, 0.25) is 0 Å². The van der Waals surface area contributed by atoms with Crippen molar-refractivity contribution in [1.29, 1.82) is 0 Å². The minimum Gasteiger partial charge on any atom is -0.465 e. The molecule has 0 spiro atoms. The van der Waals surface area contributed by atoms with Crippen molar-refractivity contribution in [3.63, 3.8) is 0 Å². The SMILES string of the molecule is C=CC(C[C@H](CC1CCCCC1)[C@@H](NC(=O)O)OC(C)=O)C(C)C. The molecule has 0 aliphatic heterocycles. The van der Waals surface area contributed by atoms with Gasteiger partial charge in [0.1, 0.15) is 0 Å².